The van der Waals surface area contributed by atoms with Crippen LogP contribution in [0.3, 0.4) is 0 Å². The van der Waals surface area contributed by atoms with E-state index in [2.05, 4.69) is 179 Å². The van der Waals surface area contributed by atoms with Crippen LogP contribution in [0.25, 0.3) is 110 Å². The molecule has 12 rings (SSSR count). The van der Waals surface area contributed by atoms with Gasteiger partial charge in [0.25, 0.3) is 0 Å². The molecular weight excluding hydrogens is 621 g/mol. The molecule has 0 aliphatic rings. The number of fused-ring (bicyclic) bond motifs is 9. The zero-order valence-corrected chi connectivity index (χ0v) is 27.5. The number of aromatic nitrogens is 2. The maximum Gasteiger partial charge on any atom is 0.136 e. The van der Waals surface area contributed by atoms with Crippen molar-refractivity contribution in [2.45, 2.75) is 0 Å². The standard InChI is InChI=1S/C48H28N2O/c1-2-14-29(15-3-1)30-16-4-8-22-37(30)49-40-25-12-20-32-31-17-5-9-23-38(31)50-39-24-10-6-18-34(39)45-36(28-41(49)47(46(32)40)48(45)50)33-21-13-27-43-44(33)35-19-7-11-26-42(35)51-43/h1-28H. The Hall–Kier alpha value is -6.84. The molecular formula is C48H28N2O. The summed E-state index contributed by atoms with van der Waals surface area (Å²) in [5, 5.41) is 9.84. The fourth-order valence-corrected chi connectivity index (χ4v) is 9.07. The summed E-state index contributed by atoms with van der Waals surface area (Å²) in [6.07, 6.45) is 0. The van der Waals surface area contributed by atoms with Crippen LogP contribution in [0.4, 0.5) is 0 Å². The highest BCUT2D eigenvalue weighted by Gasteiger charge is 2.27. The molecule has 4 aromatic heterocycles. The third kappa shape index (κ3) is 3.47. The van der Waals surface area contributed by atoms with E-state index >= 15 is 0 Å². The fourth-order valence-electron chi connectivity index (χ4n) is 9.07. The largest absolute Gasteiger partial charge is 0.456 e. The maximum atomic E-state index is 6.48. The third-order valence-electron chi connectivity index (χ3n) is 11.0. The normalized spacial score (nSPS) is 12.3. The van der Waals surface area contributed by atoms with Gasteiger partial charge in [0, 0.05) is 43.3 Å². The summed E-state index contributed by atoms with van der Waals surface area (Å²) >= 11 is 0. The third-order valence-corrected chi connectivity index (χ3v) is 11.0. The van der Waals surface area contributed by atoms with Gasteiger partial charge in [-0.25, -0.2) is 0 Å². The molecule has 0 spiro atoms. The molecule has 0 N–H and O–H groups in total. The molecule has 3 nitrogen and oxygen atoms in total. The van der Waals surface area contributed by atoms with Gasteiger partial charge < -0.3 is 13.4 Å². The monoisotopic (exact) mass is 648 g/mol. The van der Waals surface area contributed by atoms with E-state index < -0.39 is 0 Å². The van der Waals surface area contributed by atoms with Gasteiger partial charge in [-0.2, -0.15) is 0 Å². The highest BCUT2D eigenvalue weighted by Crippen LogP contribution is 2.50. The molecule has 0 aliphatic carbocycles. The van der Waals surface area contributed by atoms with Gasteiger partial charge in [-0.1, -0.05) is 127 Å². The molecule has 0 saturated heterocycles. The summed E-state index contributed by atoms with van der Waals surface area (Å²) < 4.78 is 11.5. The SMILES string of the molecule is c1ccc(-c2ccccc2-n2c3cccc4c5ccccc5n5c6ccccc6c6c(-c7cccc8oc9ccccc9c78)cc2c(c43)c65)cc1. The number of hydrogen-bond acceptors (Lipinski definition) is 1. The van der Waals surface area contributed by atoms with Gasteiger partial charge in [-0.3, -0.25) is 0 Å². The van der Waals surface area contributed by atoms with Crippen LogP contribution in [0.1, 0.15) is 0 Å². The molecule has 0 saturated carbocycles. The van der Waals surface area contributed by atoms with Gasteiger partial charge >= 0.3 is 0 Å². The van der Waals surface area contributed by atoms with Gasteiger partial charge in [-0.05, 0) is 64.5 Å². The highest BCUT2D eigenvalue weighted by molar-refractivity contribution is 6.36. The summed E-state index contributed by atoms with van der Waals surface area (Å²) in [6.45, 7) is 0. The first kappa shape index (κ1) is 27.0. The molecule has 0 radical (unpaired) electrons. The van der Waals surface area contributed by atoms with Gasteiger partial charge in [0.15, 0.2) is 0 Å². The summed E-state index contributed by atoms with van der Waals surface area (Å²) in [5.74, 6) is 0. The number of benzene rings is 8. The van der Waals surface area contributed by atoms with E-state index in [0.29, 0.717) is 0 Å². The van der Waals surface area contributed by atoms with E-state index in [1.807, 2.05) is 0 Å². The lowest BCUT2D eigenvalue weighted by Gasteiger charge is -2.15. The smallest absolute Gasteiger partial charge is 0.136 e. The Kier molecular flexibility index (Phi) is 5.23. The first-order valence-corrected chi connectivity index (χ1v) is 17.5. The van der Waals surface area contributed by atoms with Crippen LogP contribution in [-0.2, 0) is 0 Å². The highest BCUT2D eigenvalue weighted by atomic mass is 16.3. The molecule has 3 heteroatoms. The Labute approximate surface area is 292 Å². The van der Waals surface area contributed by atoms with Gasteiger partial charge in [0.2, 0.25) is 0 Å². The van der Waals surface area contributed by atoms with E-state index in [-0.39, 0.29) is 0 Å². The second kappa shape index (κ2) is 9.87. The van der Waals surface area contributed by atoms with Gasteiger partial charge in [-0.15, -0.1) is 0 Å². The molecule has 0 aliphatic heterocycles. The molecule has 0 amide bonds. The number of furan rings is 1. The first-order valence-electron chi connectivity index (χ1n) is 17.5. The van der Waals surface area contributed by atoms with E-state index in [4.69, 9.17) is 4.42 Å². The Morgan fingerprint density at radius 1 is 0.353 bits per heavy atom. The molecule has 236 valence electrons. The van der Waals surface area contributed by atoms with Gasteiger partial charge in [0.05, 0.1) is 33.3 Å². The van der Waals surface area contributed by atoms with Crippen molar-refractivity contribution >= 4 is 81.8 Å². The average molecular weight is 649 g/mol. The predicted molar refractivity (Wildman–Crippen MR) is 214 cm³/mol. The Morgan fingerprint density at radius 2 is 0.980 bits per heavy atom. The fraction of sp³-hybridized carbons (Fsp3) is 0. The van der Waals surface area contributed by atoms with Gasteiger partial charge in [0.1, 0.15) is 11.2 Å². The van der Waals surface area contributed by atoms with Crippen molar-refractivity contribution in [2.24, 2.45) is 0 Å². The van der Waals surface area contributed by atoms with Crippen molar-refractivity contribution in [3.8, 4) is 27.9 Å². The molecule has 0 atom stereocenters. The van der Waals surface area contributed by atoms with Crippen LogP contribution in [0.5, 0.6) is 0 Å². The van der Waals surface area contributed by atoms with Crippen molar-refractivity contribution in [1.29, 1.82) is 0 Å². The summed E-state index contributed by atoms with van der Waals surface area (Å²) in [6, 6.07) is 61.7. The number of rotatable bonds is 3. The lowest BCUT2D eigenvalue weighted by Crippen LogP contribution is -1.98. The first-order chi connectivity index (χ1) is 25.3. The zero-order chi connectivity index (χ0) is 33.2. The second-order valence-electron chi connectivity index (χ2n) is 13.6. The van der Waals surface area contributed by atoms with Crippen LogP contribution in [0, 0.1) is 0 Å². The lowest BCUT2D eigenvalue weighted by molar-refractivity contribution is 0.669. The van der Waals surface area contributed by atoms with Crippen molar-refractivity contribution in [1.82, 2.24) is 8.97 Å². The van der Waals surface area contributed by atoms with Crippen LogP contribution in [0.2, 0.25) is 0 Å². The summed E-state index contributed by atoms with van der Waals surface area (Å²) in [7, 11) is 0. The zero-order valence-electron chi connectivity index (χ0n) is 27.5. The van der Waals surface area contributed by atoms with Crippen molar-refractivity contribution in [3.05, 3.63) is 170 Å². The van der Waals surface area contributed by atoms with Crippen molar-refractivity contribution < 1.29 is 4.42 Å². The minimum Gasteiger partial charge on any atom is -0.456 e. The van der Waals surface area contributed by atoms with Crippen molar-refractivity contribution in [2.75, 3.05) is 0 Å². The molecule has 0 bridgehead atoms. The number of hydrogen-bond donors (Lipinski definition) is 0. The lowest BCUT2D eigenvalue weighted by atomic mass is 9.93. The van der Waals surface area contributed by atoms with E-state index in [0.717, 1.165) is 27.6 Å². The average Bonchev–Trinajstić information content (AvgIpc) is 3.83. The van der Waals surface area contributed by atoms with Crippen LogP contribution >= 0.6 is 0 Å². The van der Waals surface area contributed by atoms with Crippen molar-refractivity contribution in [3.63, 3.8) is 0 Å². The molecule has 12 aromatic rings. The van der Waals surface area contributed by atoms with E-state index in [1.54, 1.807) is 0 Å². The van der Waals surface area contributed by atoms with Crippen LogP contribution < -0.4 is 0 Å². The van der Waals surface area contributed by atoms with E-state index in [1.165, 1.54) is 82.2 Å². The van der Waals surface area contributed by atoms with Crippen LogP contribution in [-0.4, -0.2) is 8.97 Å². The van der Waals surface area contributed by atoms with E-state index in [9.17, 15) is 0 Å². The predicted octanol–water partition coefficient (Wildman–Crippen LogP) is 13.2. The Morgan fingerprint density at radius 3 is 1.86 bits per heavy atom. The Balaban J connectivity index is 1.40. The minimum atomic E-state index is 0.901. The molecule has 51 heavy (non-hydrogen) atoms. The second-order valence-corrected chi connectivity index (χ2v) is 13.6. The van der Waals surface area contributed by atoms with Crippen LogP contribution in [0.15, 0.2) is 174 Å². The number of para-hydroxylation sites is 4. The quantitative estimate of drug-likeness (QED) is 0.187. The summed E-state index contributed by atoms with van der Waals surface area (Å²) in [4.78, 5) is 0. The molecule has 0 fully saturated rings. The molecule has 8 aromatic carbocycles. The molecule has 4 heterocycles. The minimum absolute atomic E-state index is 0.901. The molecule has 0 unspecified atom stereocenters. The Bertz CT molecular complexity index is 3360. The number of nitrogens with zero attached hydrogens (tertiary/aromatic N) is 2. The summed E-state index contributed by atoms with van der Waals surface area (Å²) in [5.41, 5.74) is 13.8. The topological polar surface area (TPSA) is 22.5 Å². The maximum absolute atomic E-state index is 6.48.